The fraction of sp³-hybridized carbons (Fsp3) is 0.562. The average molecular weight is 303 g/mol. The van der Waals surface area contributed by atoms with Gasteiger partial charge >= 0.3 is 0 Å². The maximum Gasteiger partial charge on any atom is 0.253 e. The number of rotatable bonds is 4. The van der Waals surface area contributed by atoms with Crippen molar-refractivity contribution in [2.24, 2.45) is 5.92 Å². The Kier molecular flexibility index (Phi) is 3.76. The number of H-pyrrole nitrogens is 1. The van der Waals surface area contributed by atoms with E-state index in [0.717, 1.165) is 24.1 Å². The van der Waals surface area contributed by atoms with Gasteiger partial charge in [0.15, 0.2) is 0 Å². The molecule has 1 saturated carbocycles. The van der Waals surface area contributed by atoms with Gasteiger partial charge in [0, 0.05) is 36.8 Å². The van der Waals surface area contributed by atoms with Crippen molar-refractivity contribution in [3.63, 3.8) is 0 Å². The fourth-order valence-electron chi connectivity index (χ4n) is 3.07. The first-order chi connectivity index (χ1) is 10.5. The fourth-order valence-corrected chi connectivity index (χ4v) is 3.07. The van der Waals surface area contributed by atoms with E-state index in [9.17, 15) is 14.4 Å². The first-order valence-corrected chi connectivity index (χ1v) is 7.72. The van der Waals surface area contributed by atoms with Crippen LogP contribution >= 0.6 is 0 Å². The lowest BCUT2D eigenvalue weighted by molar-refractivity contribution is -0.129. The van der Waals surface area contributed by atoms with Crippen LogP contribution in [-0.4, -0.2) is 34.3 Å². The van der Waals surface area contributed by atoms with E-state index >= 15 is 0 Å². The van der Waals surface area contributed by atoms with Crippen molar-refractivity contribution in [1.82, 2.24) is 15.2 Å². The van der Waals surface area contributed by atoms with Crippen molar-refractivity contribution in [1.29, 1.82) is 0 Å². The Bertz CT molecular complexity index is 676. The highest BCUT2D eigenvalue weighted by molar-refractivity contribution is 5.89. The summed E-state index contributed by atoms with van der Waals surface area (Å²) in [6.07, 6.45) is 2.39. The molecule has 0 radical (unpaired) electrons. The summed E-state index contributed by atoms with van der Waals surface area (Å²) in [5.74, 6) is -0.360. The zero-order valence-corrected chi connectivity index (χ0v) is 12.9. The first-order valence-electron chi connectivity index (χ1n) is 7.72. The van der Waals surface area contributed by atoms with E-state index < -0.39 is 0 Å². The molecule has 118 valence electrons. The van der Waals surface area contributed by atoms with Crippen molar-refractivity contribution < 1.29 is 9.59 Å². The standard InChI is InChI=1S/C16H21N3O3/c1-9-5-10(2)18-16(22)13(9)7-17-15(21)11-6-14(20)19(8-11)12-3-4-12/h5,11-12H,3-4,6-8H2,1-2H3,(H,17,21)(H,18,22)/t11-/m1/s1. The molecule has 2 fully saturated rings. The summed E-state index contributed by atoms with van der Waals surface area (Å²) in [5, 5.41) is 2.80. The van der Waals surface area contributed by atoms with Gasteiger partial charge in [-0.1, -0.05) is 0 Å². The van der Waals surface area contributed by atoms with Gasteiger partial charge in [-0.05, 0) is 38.3 Å². The van der Waals surface area contributed by atoms with E-state index in [2.05, 4.69) is 10.3 Å². The minimum absolute atomic E-state index is 0.0759. The van der Waals surface area contributed by atoms with Gasteiger partial charge in [0.05, 0.1) is 5.92 Å². The van der Waals surface area contributed by atoms with Gasteiger partial charge in [0.2, 0.25) is 11.8 Å². The molecule has 6 heteroatoms. The number of carbonyl (C=O) groups excluding carboxylic acids is 2. The Labute approximate surface area is 128 Å². The van der Waals surface area contributed by atoms with Crippen LogP contribution in [0, 0.1) is 19.8 Å². The zero-order chi connectivity index (χ0) is 15.9. The molecule has 1 aliphatic carbocycles. The van der Waals surface area contributed by atoms with Gasteiger partial charge in [0.25, 0.3) is 5.56 Å². The van der Waals surface area contributed by atoms with Gasteiger partial charge in [-0.25, -0.2) is 0 Å². The second kappa shape index (κ2) is 5.59. The van der Waals surface area contributed by atoms with Gasteiger partial charge in [-0.3, -0.25) is 14.4 Å². The van der Waals surface area contributed by atoms with Crippen molar-refractivity contribution in [2.45, 2.75) is 45.7 Å². The molecule has 6 nitrogen and oxygen atoms in total. The molecule has 0 bridgehead atoms. The highest BCUT2D eigenvalue weighted by atomic mass is 16.2. The van der Waals surface area contributed by atoms with Crippen molar-refractivity contribution >= 4 is 11.8 Å². The van der Waals surface area contributed by atoms with Gasteiger partial charge < -0.3 is 15.2 Å². The first kappa shape index (κ1) is 14.8. The predicted molar refractivity (Wildman–Crippen MR) is 81.2 cm³/mol. The summed E-state index contributed by atoms with van der Waals surface area (Å²) in [7, 11) is 0. The molecule has 3 rings (SSSR count). The number of likely N-dealkylation sites (tertiary alicyclic amines) is 1. The Hall–Kier alpha value is -2.11. The number of aryl methyl sites for hydroxylation is 2. The SMILES string of the molecule is Cc1cc(C)c(CNC(=O)[C@@H]2CC(=O)N(C3CC3)C2)c(=O)[nH]1. The van der Waals surface area contributed by atoms with Crippen LogP contribution in [0.4, 0.5) is 0 Å². The van der Waals surface area contributed by atoms with E-state index in [1.807, 2.05) is 24.8 Å². The molecule has 0 aromatic carbocycles. The maximum absolute atomic E-state index is 12.2. The second-order valence-corrected chi connectivity index (χ2v) is 6.34. The van der Waals surface area contributed by atoms with E-state index in [0.29, 0.717) is 18.2 Å². The second-order valence-electron chi connectivity index (χ2n) is 6.34. The quantitative estimate of drug-likeness (QED) is 0.855. The Morgan fingerprint density at radius 2 is 2.09 bits per heavy atom. The number of nitrogens with one attached hydrogen (secondary N) is 2. The summed E-state index contributed by atoms with van der Waals surface area (Å²) < 4.78 is 0. The number of aromatic nitrogens is 1. The monoisotopic (exact) mass is 303 g/mol. The minimum atomic E-state index is -0.294. The molecular formula is C16H21N3O3. The molecule has 2 N–H and O–H groups in total. The lowest BCUT2D eigenvalue weighted by atomic mass is 10.1. The number of amides is 2. The Balaban J connectivity index is 1.61. The average Bonchev–Trinajstić information content (AvgIpc) is 3.20. The van der Waals surface area contributed by atoms with Crippen LogP contribution in [0.3, 0.4) is 0 Å². The Morgan fingerprint density at radius 1 is 1.36 bits per heavy atom. The number of pyridine rings is 1. The Morgan fingerprint density at radius 3 is 2.73 bits per heavy atom. The van der Waals surface area contributed by atoms with Crippen molar-refractivity contribution in [2.75, 3.05) is 6.54 Å². The van der Waals surface area contributed by atoms with Crippen LogP contribution in [0.2, 0.25) is 0 Å². The van der Waals surface area contributed by atoms with Crippen LogP contribution in [0.1, 0.15) is 36.1 Å². The third-order valence-corrected chi connectivity index (χ3v) is 4.45. The normalized spacial score (nSPS) is 21.3. The highest BCUT2D eigenvalue weighted by Gasteiger charge is 2.41. The summed E-state index contributed by atoms with van der Waals surface area (Å²) in [4.78, 5) is 40.6. The van der Waals surface area contributed by atoms with Crippen LogP contribution < -0.4 is 10.9 Å². The number of hydrogen-bond donors (Lipinski definition) is 2. The number of nitrogens with zero attached hydrogens (tertiary/aromatic N) is 1. The van der Waals surface area contributed by atoms with Crippen molar-refractivity contribution in [3.05, 3.63) is 33.2 Å². The van der Waals surface area contributed by atoms with Crippen molar-refractivity contribution in [3.8, 4) is 0 Å². The van der Waals surface area contributed by atoms with Gasteiger partial charge in [0.1, 0.15) is 0 Å². The van der Waals surface area contributed by atoms with Crippen LogP contribution in [0.25, 0.3) is 0 Å². The molecule has 0 unspecified atom stereocenters. The summed E-state index contributed by atoms with van der Waals surface area (Å²) in [5.41, 5.74) is 2.07. The van der Waals surface area contributed by atoms with E-state index in [1.54, 1.807) is 0 Å². The van der Waals surface area contributed by atoms with Gasteiger partial charge in [-0.15, -0.1) is 0 Å². The summed E-state index contributed by atoms with van der Waals surface area (Å²) in [6, 6.07) is 2.24. The number of aromatic amines is 1. The third kappa shape index (κ3) is 2.91. The number of carbonyl (C=O) groups is 2. The van der Waals surface area contributed by atoms with Crippen LogP contribution in [-0.2, 0) is 16.1 Å². The van der Waals surface area contributed by atoms with Gasteiger partial charge in [-0.2, -0.15) is 0 Å². The molecule has 1 saturated heterocycles. The molecule has 2 amide bonds. The maximum atomic E-state index is 12.2. The largest absolute Gasteiger partial charge is 0.351 e. The van der Waals surface area contributed by atoms with Crippen LogP contribution in [0.5, 0.6) is 0 Å². The predicted octanol–water partition coefficient (Wildman–Crippen LogP) is 0.619. The molecule has 0 spiro atoms. The molecular weight excluding hydrogens is 282 g/mol. The number of hydrogen-bond acceptors (Lipinski definition) is 3. The zero-order valence-electron chi connectivity index (χ0n) is 12.9. The topological polar surface area (TPSA) is 82.3 Å². The molecule has 2 heterocycles. The van der Waals surface area contributed by atoms with E-state index in [1.165, 1.54) is 0 Å². The van der Waals surface area contributed by atoms with Crippen LogP contribution in [0.15, 0.2) is 10.9 Å². The summed E-state index contributed by atoms with van der Waals surface area (Å²) >= 11 is 0. The smallest absolute Gasteiger partial charge is 0.253 e. The lowest BCUT2D eigenvalue weighted by Crippen LogP contribution is -2.34. The molecule has 2 aliphatic rings. The van der Waals surface area contributed by atoms with E-state index in [-0.39, 0.29) is 36.3 Å². The van der Waals surface area contributed by atoms with E-state index in [4.69, 9.17) is 0 Å². The molecule has 1 atom stereocenters. The summed E-state index contributed by atoms with van der Waals surface area (Å²) in [6.45, 7) is 4.40. The lowest BCUT2D eigenvalue weighted by Gasteiger charge is -2.15. The molecule has 1 aromatic heterocycles. The molecule has 1 aromatic rings. The molecule has 22 heavy (non-hydrogen) atoms. The highest BCUT2D eigenvalue weighted by Crippen LogP contribution is 2.32. The molecule has 1 aliphatic heterocycles. The third-order valence-electron chi connectivity index (χ3n) is 4.45. The minimum Gasteiger partial charge on any atom is -0.351 e.